The van der Waals surface area contributed by atoms with Crippen LogP contribution in [0.15, 0.2) is 12.7 Å². The molecule has 4 nitrogen and oxygen atoms in total. The van der Waals surface area contributed by atoms with Crippen LogP contribution in [0.5, 0.6) is 0 Å². The number of esters is 1. The minimum absolute atomic E-state index is 0.0404. The van der Waals surface area contributed by atoms with Gasteiger partial charge in [-0.3, -0.25) is 9.59 Å². The van der Waals surface area contributed by atoms with Crippen molar-refractivity contribution in [2.45, 2.75) is 6.42 Å². The van der Waals surface area contributed by atoms with Crippen molar-refractivity contribution in [2.24, 2.45) is 5.92 Å². The second-order valence-corrected chi connectivity index (χ2v) is 2.23. The highest BCUT2D eigenvalue weighted by molar-refractivity contribution is 5.94. The summed E-state index contributed by atoms with van der Waals surface area (Å²) < 4.78 is 4.46. The topological polar surface area (TPSA) is 63.6 Å². The molecule has 0 spiro atoms. The Hall–Kier alpha value is -1.76. The molecular weight excluding hydrogens is 172 g/mol. The molecule has 0 aliphatic heterocycles. The van der Waals surface area contributed by atoms with Crippen LogP contribution < -0.4 is 0 Å². The fourth-order valence-corrected chi connectivity index (χ4v) is 0.678. The van der Waals surface area contributed by atoms with Crippen LogP contribution in [0.25, 0.3) is 0 Å². The predicted octanol–water partition coefficient (Wildman–Crippen LogP) is 0.440. The number of aliphatic carboxylic acids is 1. The van der Waals surface area contributed by atoms with Crippen molar-refractivity contribution >= 4 is 11.9 Å². The minimum Gasteiger partial charge on any atom is -0.481 e. The van der Waals surface area contributed by atoms with Gasteiger partial charge in [-0.15, -0.1) is 13.0 Å². The Morgan fingerprint density at radius 3 is 2.69 bits per heavy atom. The van der Waals surface area contributed by atoms with E-state index in [1.165, 1.54) is 6.08 Å². The maximum absolute atomic E-state index is 11.0. The molecule has 0 saturated heterocycles. The van der Waals surface area contributed by atoms with Crippen molar-refractivity contribution in [2.75, 3.05) is 6.61 Å². The number of hydrogen-bond donors (Lipinski definition) is 1. The summed E-state index contributed by atoms with van der Waals surface area (Å²) in [7, 11) is 0. The molecule has 0 heterocycles. The summed E-state index contributed by atoms with van der Waals surface area (Å²) in [6.45, 7) is 3.13. The summed E-state index contributed by atoms with van der Waals surface area (Å²) in [4.78, 5) is 21.5. The van der Waals surface area contributed by atoms with E-state index in [-0.39, 0.29) is 13.0 Å². The van der Waals surface area contributed by atoms with Gasteiger partial charge in [0.05, 0.1) is 0 Å². The van der Waals surface area contributed by atoms with Gasteiger partial charge in [0.25, 0.3) is 0 Å². The second-order valence-electron chi connectivity index (χ2n) is 2.23. The molecule has 1 N–H and O–H groups in total. The van der Waals surface area contributed by atoms with Gasteiger partial charge in [0.15, 0.2) is 12.5 Å². The number of rotatable bonds is 5. The number of carboxylic acid groups (broad SMARTS) is 1. The zero-order valence-electron chi connectivity index (χ0n) is 7.03. The molecule has 70 valence electrons. The molecule has 1 unspecified atom stereocenters. The van der Waals surface area contributed by atoms with E-state index in [4.69, 9.17) is 11.5 Å². The minimum atomic E-state index is -1.23. The van der Waals surface area contributed by atoms with Crippen molar-refractivity contribution < 1.29 is 19.4 Å². The summed E-state index contributed by atoms with van der Waals surface area (Å²) in [5, 5.41) is 8.57. The molecule has 0 aromatic rings. The lowest BCUT2D eigenvalue weighted by atomic mass is 10.1. The Labute approximate surface area is 76.2 Å². The van der Waals surface area contributed by atoms with Gasteiger partial charge < -0.3 is 9.84 Å². The fraction of sp³-hybridized carbons (Fsp3) is 0.333. The van der Waals surface area contributed by atoms with Gasteiger partial charge in [0.2, 0.25) is 0 Å². The Kier molecular flexibility index (Phi) is 5.05. The van der Waals surface area contributed by atoms with E-state index < -0.39 is 17.9 Å². The van der Waals surface area contributed by atoms with E-state index in [2.05, 4.69) is 17.2 Å². The molecule has 0 aromatic heterocycles. The molecule has 4 heteroatoms. The molecule has 0 aliphatic rings. The summed E-state index contributed by atoms with van der Waals surface area (Å²) >= 11 is 0. The molecule has 0 amide bonds. The number of ether oxygens (including phenoxy) is 1. The molecule has 0 rings (SSSR count). The molecule has 0 radical (unpaired) electrons. The highest BCUT2D eigenvalue weighted by atomic mass is 16.5. The summed E-state index contributed by atoms with van der Waals surface area (Å²) in [6, 6.07) is 0. The van der Waals surface area contributed by atoms with Crippen molar-refractivity contribution in [3.05, 3.63) is 12.7 Å². The molecule has 0 aliphatic carbocycles. The van der Waals surface area contributed by atoms with Crippen molar-refractivity contribution in [1.82, 2.24) is 0 Å². The van der Waals surface area contributed by atoms with Crippen molar-refractivity contribution in [1.29, 1.82) is 0 Å². The molecular formula is C9H10O4. The first kappa shape index (κ1) is 11.2. The third-order valence-corrected chi connectivity index (χ3v) is 1.28. The van der Waals surface area contributed by atoms with Gasteiger partial charge in [-0.25, -0.2) is 0 Å². The average molecular weight is 182 g/mol. The van der Waals surface area contributed by atoms with E-state index in [0.717, 1.165) is 0 Å². The second kappa shape index (κ2) is 5.84. The van der Waals surface area contributed by atoms with Gasteiger partial charge in [-0.1, -0.05) is 12.0 Å². The molecule has 0 fully saturated rings. The third kappa shape index (κ3) is 3.97. The van der Waals surface area contributed by atoms with Gasteiger partial charge in [0.1, 0.15) is 0 Å². The van der Waals surface area contributed by atoms with Crippen molar-refractivity contribution in [3.8, 4) is 12.3 Å². The van der Waals surface area contributed by atoms with Gasteiger partial charge >= 0.3 is 11.9 Å². The predicted molar refractivity (Wildman–Crippen MR) is 45.7 cm³/mol. The Balaban J connectivity index is 4.21. The molecule has 0 bridgehead atoms. The highest BCUT2D eigenvalue weighted by Gasteiger charge is 2.25. The van der Waals surface area contributed by atoms with Gasteiger partial charge in [-0.05, 0) is 6.42 Å². The van der Waals surface area contributed by atoms with Crippen LogP contribution in [-0.2, 0) is 14.3 Å². The number of terminal acetylenes is 1. The van der Waals surface area contributed by atoms with Crippen LogP contribution in [0.1, 0.15) is 6.42 Å². The number of carboxylic acids is 1. The first-order valence-corrected chi connectivity index (χ1v) is 3.57. The Bertz CT molecular complexity index is 249. The zero-order valence-corrected chi connectivity index (χ0v) is 7.03. The first-order chi connectivity index (χ1) is 6.13. The number of hydrogen-bond acceptors (Lipinski definition) is 3. The number of allylic oxidation sites excluding steroid dienone is 1. The fourth-order valence-electron chi connectivity index (χ4n) is 0.678. The van der Waals surface area contributed by atoms with Crippen LogP contribution in [0.2, 0.25) is 0 Å². The van der Waals surface area contributed by atoms with E-state index >= 15 is 0 Å². The lowest BCUT2D eigenvalue weighted by Crippen LogP contribution is -2.25. The average Bonchev–Trinajstić information content (AvgIpc) is 2.09. The molecule has 0 saturated carbocycles. The monoisotopic (exact) mass is 182 g/mol. The molecule has 1 atom stereocenters. The number of carbonyl (C=O) groups is 2. The van der Waals surface area contributed by atoms with E-state index in [9.17, 15) is 9.59 Å². The van der Waals surface area contributed by atoms with Gasteiger partial charge in [-0.2, -0.15) is 0 Å². The lowest BCUT2D eigenvalue weighted by molar-refractivity contribution is -0.157. The largest absolute Gasteiger partial charge is 0.481 e. The normalized spacial score (nSPS) is 11.0. The van der Waals surface area contributed by atoms with Crippen LogP contribution in [0.4, 0.5) is 0 Å². The quantitative estimate of drug-likeness (QED) is 0.290. The third-order valence-electron chi connectivity index (χ3n) is 1.28. The highest BCUT2D eigenvalue weighted by Crippen LogP contribution is 2.06. The van der Waals surface area contributed by atoms with Crippen LogP contribution >= 0.6 is 0 Å². The maximum atomic E-state index is 11.0. The summed E-state index contributed by atoms with van der Waals surface area (Å²) in [5.41, 5.74) is 0. The van der Waals surface area contributed by atoms with Crippen molar-refractivity contribution in [3.63, 3.8) is 0 Å². The molecule has 0 aromatic carbocycles. The van der Waals surface area contributed by atoms with E-state index in [1.807, 2.05) is 0 Å². The smallest absolute Gasteiger partial charge is 0.321 e. The van der Waals surface area contributed by atoms with Crippen LogP contribution in [0.3, 0.4) is 0 Å². The van der Waals surface area contributed by atoms with Crippen LogP contribution in [-0.4, -0.2) is 23.7 Å². The Morgan fingerprint density at radius 1 is 1.69 bits per heavy atom. The van der Waals surface area contributed by atoms with E-state index in [1.54, 1.807) is 0 Å². The first-order valence-electron chi connectivity index (χ1n) is 3.57. The molecule has 13 heavy (non-hydrogen) atoms. The summed E-state index contributed by atoms with van der Waals surface area (Å²) in [5.74, 6) is -1.19. The zero-order chi connectivity index (χ0) is 10.3. The summed E-state index contributed by atoms with van der Waals surface area (Å²) in [6.07, 6.45) is 6.22. The maximum Gasteiger partial charge on any atom is 0.321 e. The number of carbonyl (C=O) groups excluding carboxylic acids is 1. The standard InChI is InChI=1S/C9H10O4/c1-3-5-7(8(10)11)9(12)13-6-4-2/h2-3,7H,1,5-6H2,(H,10,11). The Morgan fingerprint density at radius 2 is 2.31 bits per heavy atom. The lowest BCUT2D eigenvalue weighted by Gasteiger charge is -2.07. The van der Waals surface area contributed by atoms with Gasteiger partial charge in [0, 0.05) is 0 Å². The van der Waals surface area contributed by atoms with Crippen LogP contribution in [0, 0.1) is 18.3 Å². The SMILES string of the molecule is C#CCOC(=O)C(CC=C)C(=O)O. The van der Waals surface area contributed by atoms with E-state index in [0.29, 0.717) is 0 Å².